The van der Waals surface area contributed by atoms with Crippen LogP contribution in [0.3, 0.4) is 0 Å². The van der Waals surface area contributed by atoms with Crippen molar-refractivity contribution in [3.05, 3.63) is 35.1 Å². The quantitative estimate of drug-likeness (QED) is 0.727. The SMILES string of the molecule is Cc1ccc(F)cc1C1OCCCC1C#N. The largest absolute Gasteiger partial charge is 0.372 e. The number of halogens is 1. The van der Waals surface area contributed by atoms with Crippen molar-refractivity contribution in [1.29, 1.82) is 5.26 Å². The number of benzene rings is 1. The molecule has 2 atom stereocenters. The molecular weight excluding hydrogens is 205 g/mol. The second-order valence-electron chi connectivity index (χ2n) is 4.17. The molecule has 0 aliphatic carbocycles. The van der Waals surface area contributed by atoms with Crippen LogP contribution in [-0.4, -0.2) is 6.61 Å². The molecular formula is C13H14FNO. The Labute approximate surface area is 94.7 Å². The Morgan fingerprint density at radius 2 is 2.31 bits per heavy atom. The molecule has 0 aromatic heterocycles. The second-order valence-corrected chi connectivity index (χ2v) is 4.17. The monoisotopic (exact) mass is 219 g/mol. The van der Waals surface area contributed by atoms with Crippen molar-refractivity contribution in [2.75, 3.05) is 6.61 Å². The standard InChI is InChI=1S/C13H14FNO/c1-9-4-5-11(14)7-12(9)13-10(8-15)3-2-6-16-13/h4-5,7,10,13H,2-3,6H2,1H3. The number of hydrogen-bond acceptors (Lipinski definition) is 2. The normalized spacial score (nSPS) is 25.1. The van der Waals surface area contributed by atoms with Gasteiger partial charge < -0.3 is 4.74 Å². The molecule has 1 heterocycles. The van der Waals surface area contributed by atoms with Gasteiger partial charge in [0.05, 0.1) is 18.1 Å². The lowest BCUT2D eigenvalue weighted by Gasteiger charge is -2.28. The van der Waals surface area contributed by atoms with E-state index < -0.39 is 0 Å². The summed E-state index contributed by atoms with van der Waals surface area (Å²) in [5, 5.41) is 9.06. The minimum absolute atomic E-state index is 0.158. The van der Waals surface area contributed by atoms with Gasteiger partial charge in [-0.3, -0.25) is 0 Å². The predicted molar refractivity (Wildman–Crippen MR) is 58.2 cm³/mol. The molecule has 3 heteroatoms. The molecule has 1 fully saturated rings. The highest BCUT2D eigenvalue weighted by Gasteiger charge is 2.28. The molecule has 84 valence electrons. The van der Waals surface area contributed by atoms with Crippen LogP contribution in [-0.2, 0) is 4.74 Å². The molecule has 16 heavy (non-hydrogen) atoms. The number of ether oxygens (including phenoxy) is 1. The molecule has 0 saturated carbocycles. The molecule has 1 aromatic rings. The van der Waals surface area contributed by atoms with Gasteiger partial charge in [-0.1, -0.05) is 6.07 Å². The summed E-state index contributed by atoms with van der Waals surface area (Å²) < 4.78 is 18.8. The maximum absolute atomic E-state index is 13.2. The molecule has 0 spiro atoms. The van der Waals surface area contributed by atoms with E-state index in [1.54, 1.807) is 6.07 Å². The Bertz CT molecular complexity index is 424. The van der Waals surface area contributed by atoms with E-state index in [9.17, 15) is 4.39 Å². The molecule has 2 rings (SSSR count). The van der Waals surface area contributed by atoms with E-state index in [0.717, 1.165) is 24.0 Å². The van der Waals surface area contributed by atoms with E-state index in [-0.39, 0.29) is 17.8 Å². The number of aryl methyl sites for hydroxylation is 1. The summed E-state index contributed by atoms with van der Waals surface area (Å²) in [6.45, 7) is 2.57. The van der Waals surface area contributed by atoms with Crippen LogP contribution < -0.4 is 0 Å². The van der Waals surface area contributed by atoms with E-state index in [0.29, 0.717) is 6.61 Å². The number of hydrogen-bond donors (Lipinski definition) is 0. The van der Waals surface area contributed by atoms with Gasteiger partial charge in [0.2, 0.25) is 0 Å². The number of rotatable bonds is 1. The predicted octanol–water partition coefficient (Wildman–Crippen LogP) is 3.13. The Morgan fingerprint density at radius 3 is 3.06 bits per heavy atom. The van der Waals surface area contributed by atoms with Gasteiger partial charge in [-0.05, 0) is 43.0 Å². The van der Waals surface area contributed by atoms with Crippen LogP contribution in [0.5, 0.6) is 0 Å². The van der Waals surface area contributed by atoms with Crippen molar-refractivity contribution in [3.8, 4) is 6.07 Å². The first kappa shape index (κ1) is 11.1. The highest BCUT2D eigenvalue weighted by atomic mass is 19.1. The van der Waals surface area contributed by atoms with Crippen molar-refractivity contribution in [3.63, 3.8) is 0 Å². The van der Waals surface area contributed by atoms with Crippen LogP contribution in [0.4, 0.5) is 4.39 Å². The summed E-state index contributed by atoms with van der Waals surface area (Å²) in [6.07, 6.45) is 1.47. The molecule has 0 bridgehead atoms. The average Bonchev–Trinajstić information content (AvgIpc) is 2.32. The maximum atomic E-state index is 13.2. The van der Waals surface area contributed by atoms with Crippen molar-refractivity contribution < 1.29 is 9.13 Å². The molecule has 1 aliphatic rings. The summed E-state index contributed by atoms with van der Waals surface area (Å²) in [5.41, 5.74) is 1.79. The molecule has 1 aromatic carbocycles. The molecule has 2 unspecified atom stereocenters. The summed E-state index contributed by atoms with van der Waals surface area (Å²) in [5.74, 6) is -0.430. The van der Waals surface area contributed by atoms with Gasteiger partial charge in [-0.2, -0.15) is 5.26 Å². The van der Waals surface area contributed by atoms with E-state index >= 15 is 0 Å². The topological polar surface area (TPSA) is 33.0 Å². The zero-order valence-corrected chi connectivity index (χ0v) is 9.24. The summed E-state index contributed by atoms with van der Waals surface area (Å²) in [4.78, 5) is 0. The van der Waals surface area contributed by atoms with Gasteiger partial charge in [0.15, 0.2) is 0 Å². The van der Waals surface area contributed by atoms with Gasteiger partial charge >= 0.3 is 0 Å². The fourth-order valence-corrected chi connectivity index (χ4v) is 2.14. The van der Waals surface area contributed by atoms with Crippen molar-refractivity contribution in [2.24, 2.45) is 5.92 Å². The van der Waals surface area contributed by atoms with Crippen LogP contribution in [0.1, 0.15) is 30.1 Å². The number of nitriles is 1. The first-order chi connectivity index (χ1) is 7.72. The van der Waals surface area contributed by atoms with Crippen LogP contribution in [0.2, 0.25) is 0 Å². The third-order valence-corrected chi connectivity index (χ3v) is 3.04. The highest BCUT2D eigenvalue weighted by Crippen LogP contribution is 2.34. The summed E-state index contributed by atoms with van der Waals surface area (Å²) in [6, 6.07) is 6.90. The highest BCUT2D eigenvalue weighted by molar-refractivity contribution is 5.30. The molecule has 1 saturated heterocycles. The third-order valence-electron chi connectivity index (χ3n) is 3.04. The van der Waals surface area contributed by atoms with Crippen LogP contribution in [0.25, 0.3) is 0 Å². The third kappa shape index (κ3) is 2.07. The van der Waals surface area contributed by atoms with Crippen molar-refractivity contribution >= 4 is 0 Å². The van der Waals surface area contributed by atoms with Gasteiger partial charge in [-0.15, -0.1) is 0 Å². The minimum Gasteiger partial charge on any atom is -0.372 e. The van der Waals surface area contributed by atoms with Gasteiger partial charge in [0.25, 0.3) is 0 Å². The van der Waals surface area contributed by atoms with Gasteiger partial charge in [-0.25, -0.2) is 4.39 Å². The minimum atomic E-state index is -0.272. The smallest absolute Gasteiger partial charge is 0.123 e. The summed E-state index contributed by atoms with van der Waals surface area (Å²) >= 11 is 0. The lowest BCUT2D eigenvalue weighted by Crippen LogP contribution is -2.22. The van der Waals surface area contributed by atoms with Gasteiger partial charge in [0, 0.05) is 6.61 Å². The van der Waals surface area contributed by atoms with E-state index in [1.807, 2.05) is 6.92 Å². The first-order valence-electron chi connectivity index (χ1n) is 5.49. The molecule has 1 aliphatic heterocycles. The van der Waals surface area contributed by atoms with Crippen LogP contribution in [0, 0.1) is 30.0 Å². The Hall–Kier alpha value is -1.40. The van der Waals surface area contributed by atoms with E-state index in [2.05, 4.69) is 6.07 Å². The average molecular weight is 219 g/mol. The fourth-order valence-electron chi connectivity index (χ4n) is 2.14. The molecule has 0 amide bonds. The lowest BCUT2D eigenvalue weighted by atomic mass is 9.88. The summed E-state index contributed by atoms with van der Waals surface area (Å²) in [7, 11) is 0. The molecule has 0 radical (unpaired) electrons. The van der Waals surface area contributed by atoms with E-state index in [4.69, 9.17) is 10.00 Å². The lowest BCUT2D eigenvalue weighted by molar-refractivity contribution is -0.0106. The van der Waals surface area contributed by atoms with Crippen molar-refractivity contribution in [1.82, 2.24) is 0 Å². The van der Waals surface area contributed by atoms with Crippen molar-refractivity contribution in [2.45, 2.75) is 25.9 Å². The van der Waals surface area contributed by atoms with E-state index in [1.165, 1.54) is 12.1 Å². The Balaban J connectivity index is 2.34. The second kappa shape index (κ2) is 4.63. The zero-order chi connectivity index (χ0) is 11.5. The van der Waals surface area contributed by atoms with Gasteiger partial charge in [0.1, 0.15) is 5.82 Å². The fraction of sp³-hybridized carbons (Fsp3) is 0.462. The maximum Gasteiger partial charge on any atom is 0.123 e. The van der Waals surface area contributed by atoms with Crippen LogP contribution >= 0.6 is 0 Å². The molecule has 2 nitrogen and oxygen atoms in total. The van der Waals surface area contributed by atoms with Crippen LogP contribution in [0.15, 0.2) is 18.2 Å². The number of nitrogens with zero attached hydrogens (tertiary/aromatic N) is 1. The molecule has 0 N–H and O–H groups in total. The Morgan fingerprint density at radius 1 is 1.50 bits per heavy atom. The zero-order valence-electron chi connectivity index (χ0n) is 9.24. The Kier molecular flexibility index (Phi) is 3.21. The first-order valence-corrected chi connectivity index (χ1v) is 5.49.